The van der Waals surface area contributed by atoms with Crippen molar-refractivity contribution in [1.82, 2.24) is 15.3 Å². The molecule has 13 heteroatoms. The molecule has 1 aromatic heterocycles. The van der Waals surface area contributed by atoms with Crippen molar-refractivity contribution >= 4 is 23.5 Å². The van der Waals surface area contributed by atoms with Crippen LogP contribution in [-0.2, 0) is 41.3 Å². The van der Waals surface area contributed by atoms with E-state index in [2.05, 4.69) is 27.8 Å². The Morgan fingerprint density at radius 1 is 0.770 bits per heavy atom. The van der Waals surface area contributed by atoms with Gasteiger partial charge >= 0.3 is 5.97 Å². The normalized spacial score (nSPS) is 14.8. The van der Waals surface area contributed by atoms with Crippen molar-refractivity contribution < 1.29 is 42.8 Å². The summed E-state index contributed by atoms with van der Waals surface area (Å²) >= 11 is 0. The van der Waals surface area contributed by atoms with E-state index >= 15 is 0 Å². The van der Waals surface area contributed by atoms with E-state index in [9.17, 15) is 14.4 Å². The van der Waals surface area contributed by atoms with Gasteiger partial charge < -0.3 is 39.1 Å². The molecule has 1 atom stereocenters. The van der Waals surface area contributed by atoms with Gasteiger partial charge in [0.25, 0.3) is 11.8 Å². The van der Waals surface area contributed by atoms with Crippen molar-refractivity contribution in [3.05, 3.63) is 107 Å². The Hall–Kier alpha value is -5.21. The molecule has 2 aliphatic rings. The number of aryl methyl sites for hydroxylation is 2. The first-order valence-corrected chi connectivity index (χ1v) is 21.5. The van der Waals surface area contributed by atoms with Gasteiger partial charge in [-0.2, -0.15) is 0 Å². The first kappa shape index (κ1) is 45.3. The zero-order chi connectivity index (χ0) is 42.9. The van der Waals surface area contributed by atoms with Crippen LogP contribution in [0.25, 0.3) is 11.4 Å². The molecule has 2 amide bonds. The molecule has 0 radical (unpaired) electrons. The summed E-state index contributed by atoms with van der Waals surface area (Å²) in [6, 6.07) is 22.8. The molecule has 0 spiro atoms. The van der Waals surface area contributed by atoms with Crippen LogP contribution >= 0.6 is 0 Å². The van der Waals surface area contributed by atoms with Crippen molar-refractivity contribution in [2.75, 3.05) is 64.8 Å². The number of hydrogen-bond acceptors (Lipinski definition) is 11. The number of nitrogens with one attached hydrogen (secondary N) is 2. The predicted molar refractivity (Wildman–Crippen MR) is 232 cm³/mol. The number of carbonyl (C=O) groups excluding carboxylic acids is 3. The Bertz CT molecular complexity index is 2050. The fraction of sp³-hybridized carbons (Fsp3) is 0.479. The Morgan fingerprint density at radius 2 is 1.51 bits per heavy atom. The molecule has 0 aliphatic heterocycles. The molecule has 326 valence electrons. The van der Waals surface area contributed by atoms with E-state index in [1.165, 1.54) is 5.56 Å². The molecule has 1 saturated carbocycles. The fourth-order valence-corrected chi connectivity index (χ4v) is 6.91. The summed E-state index contributed by atoms with van der Waals surface area (Å²) < 4.78 is 33.6. The third-order valence-corrected chi connectivity index (χ3v) is 10.2. The average Bonchev–Trinajstić information content (AvgIpc) is 4.09. The number of carbonyl (C=O) groups is 3. The third kappa shape index (κ3) is 15.3. The maximum atomic E-state index is 13.7. The first-order chi connectivity index (χ1) is 29.6. The summed E-state index contributed by atoms with van der Waals surface area (Å²) in [6.45, 7) is 9.62. The van der Waals surface area contributed by atoms with Gasteiger partial charge in [0.2, 0.25) is 0 Å². The summed E-state index contributed by atoms with van der Waals surface area (Å²) in [6.07, 6.45) is 8.49. The number of rotatable bonds is 24. The quantitative estimate of drug-likeness (QED) is 0.0526. The Kier molecular flexibility index (Phi) is 17.2. The third-order valence-electron chi connectivity index (χ3n) is 10.2. The van der Waals surface area contributed by atoms with E-state index in [0.717, 1.165) is 56.1 Å². The fourth-order valence-electron chi connectivity index (χ4n) is 6.91. The van der Waals surface area contributed by atoms with Crippen molar-refractivity contribution in [2.45, 2.75) is 83.8 Å². The number of esters is 1. The smallest absolute Gasteiger partial charge is 0.308 e. The van der Waals surface area contributed by atoms with Crippen LogP contribution in [0.4, 0.5) is 5.69 Å². The number of benzene rings is 3. The highest BCUT2D eigenvalue weighted by molar-refractivity contribution is 6.06. The molecular formula is C48H60N4O9. The number of anilines is 1. The molecule has 0 bridgehead atoms. The van der Waals surface area contributed by atoms with Crippen LogP contribution in [0.2, 0.25) is 0 Å². The maximum absolute atomic E-state index is 13.7. The highest BCUT2D eigenvalue weighted by Crippen LogP contribution is 2.34. The zero-order valence-corrected chi connectivity index (χ0v) is 35.7. The van der Waals surface area contributed by atoms with E-state index in [4.69, 9.17) is 33.4 Å². The van der Waals surface area contributed by atoms with Gasteiger partial charge in [-0.05, 0) is 125 Å². The lowest BCUT2D eigenvalue weighted by Gasteiger charge is -2.26. The molecule has 1 heterocycles. The van der Waals surface area contributed by atoms with Gasteiger partial charge in [-0.3, -0.25) is 14.4 Å². The molecule has 3 aromatic carbocycles. The second-order valence-corrected chi connectivity index (χ2v) is 16.4. The number of aromatic nitrogens is 2. The monoisotopic (exact) mass is 836 g/mol. The van der Waals surface area contributed by atoms with E-state index < -0.39 is 5.60 Å². The van der Waals surface area contributed by atoms with E-state index in [0.29, 0.717) is 93.8 Å². The highest BCUT2D eigenvalue weighted by Gasteiger charge is 2.25. The van der Waals surface area contributed by atoms with E-state index in [-0.39, 0.29) is 35.9 Å². The van der Waals surface area contributed by atoms with E-state index in [1.807, 2.05) is 63.2 Å². The largest absolute Gasteiger partial charge is 0.493 e. The summed E-state index contributed by atoms with van der Waals surface area (Å²) in [7, 11) is 0. The standard InChI is InChI=1S/C48H60N4O9/c1-48(2,3)61-44(53)21-24-57-26-28-59-30-29-58-27-25-56-23-8-10-34-9-6-13-37(31-34)46(54)51-42-19-18-38(60-33-35-16-17-35)32-40(42)45-49-22-20-43(50-45)47(55)52-41-15-7-12-36-11-4-5-14-39(36)41/h4-6,9,11,13-14,18-20,22,31-32,35,41H,7-8,10,12,15-17,21,23-30,33H2,1-3H3,(H,51,54)(H,52,55)/t41-/m0/s1. The van der Waals surface area contributed by atoms with Gasteiger partial charge in [0, 0.05) is 23.9 Å². The summed E-state index contributed by atoms with van der Waals surface area (Å²) in [5.74, 6) is 0.691. The van der Waals surface area contributed by atoms with Gasteiger partial charge in [0.1, 0.15) is 17.0 Å². The maximum Gasteiger partial charge on any atom is 0.308 e. The van der Waals surface area contributed by atoms with Crippen molar-refractivity contribution in [1.29, 1.82) is 0 Å². The number of amides is 2. The topological polar surface area (TPSA) is 156 Å². The van der Waals surface area contributed by atoms with Crippen LogP contribution in [-0.4, -0.2) is 92.8 Å². The molecule has 4 aromatic rings. The lowest BCUT2D eigenvalue weighted by atomic mass is 9.87. The van der Waals surface area contributed by atoms with Gasteiger partial charge in [-0.1, -0.05) is 36.4 Å². The van der Waals surface area contributed by atoms with Crippen molar-refractivity contribution in [3.8, 4) is 17.1 Å². The summed E-state index contributed by atoms with van der Waals surface area (Å²) in [4.78, 5) is 48.2. The van der Waals surface area contributed by atoms with Crippen LogP contribution in [0.1, 0.15) is 103 Å². The van der Waals surface area contributed by atoms with Crippen LogP contribution in [0, 0.1) is 5.92 Å². The van der Waals surface area contributed by atoms with Gasteiger partial charge in [-0.25, -0.2) is 9.97 Å². The molecule has 0 saturated heterocycles. The molecule has 61 heavy (non-hydrogen) atoms. The number of fused-ring (bicyclic) bond motifs is 1. The number of hydrogen-bond donors (Lipinski definition) is 2. The van der Waals surface area contributed by atoms with Crippen molar-refractivity contribution in [2.24, 2.45) is 5.92 Å². The molecule has 1 fully saturated rings. The molecule has 2 aliphatic carbocycles. The minimum absolute atomic E-state index is 0.0890. The second kappa shape index (κ2) is 23.1. The minimum atomic E-state index is -0.494. The predicted octanol–water partition coefficient (Wildman–Crippen LogP) is 7.72. The molecule has 6 rings (SSSR count). The van der Waals surface area contributed by atoms with Crippen LogP contribution in [0.5, 0.6) is 5.75 Å². The lowest BCUT2D eigenvalue weighted by Crippen LogP contribution is -2.31. The van der Waals surface area contributed by atoms with Crippen LogP contribution < -0.4 is 15.4 Å². The number of nitrogens with zero attached hydrogens (tertiary/aromatic N) is 2. The van der Waals surface area contributed by atoms with Gasteiger partial charge in [0.05, 0.1) is 71.0 Å². The summed E-state index contributed by atoms with van der Waals surface area (Å²) in [5.41, 5.74) is 4.77. The molecule has 13 nitrogen and oxygen atoms in total. The van der Waals surface area contributed by atoms with Crippen molar-refractivity contribution in [3.63, 3.8) is 0 Å². The summed E-state index contributed by atoms with van der Waals surface area (Å²) in [5, 5.41) is 6.26. The van der Waals surface area contributed by atoms with Crippen LogP contribution in [0.15, 0.2) is 79.0 Å². The second-order valence-electron chi connectivity index (χ2n) is 16.4. The minimum Gasteiger partial charge on any atom is -0.493 e. The van der Waals surface area contributed by atoms with Gasteiger partial charge in [-0.15, -0.1) is 0 Å². The Morgan fingerprint density at radius 3 is 2.26 bits per heavy atom. The Labute approximate surface area is 359 Å². The molecule has 2 N–H and O–H groups in total. The molecule has 0 unspecified atom stereocenters. The van der Waals surface area contributed by atoms with E-state index in [1.54, 1.807) is 24.4 Å². The Balaban J connectivity index is 0.939. The lowest BCUT2D eigenvalue weighted by molar-refractivity contribution is -0.156. The molecular weight excluding hydrogens is 777 g/mol. The average molecular weight is 837 g/mol. The highest BCUT2D eigenvalue weighted by atomic mass is 16.6. The zero-order valence-electron chi connectivity index (χ0n) is 35.7. The number of ether oxygens (including phenoxy) is 6. The van der Waals surface area contributed by atoms with Gasteiger partial charge in [0.15, 0.2) is 5.82 Å². The van der Waals surface area contributed by atoms with Crippen LogP contribution in [0.3, 0.4) is 0 Å². The first-order valence-electron chi connectivity index (χ1n) is 21.5. The SMILES string of the molecule is CC(C)(C)OC(=O)CCOCCOCCOCCOCCCc1cccc(C(=O)Nc2ccc(OCC3CC3)cc2-c2nccc(C(=O)N[C@H]3CCCc4ccccc43)n2)c1.